The van der Waals surface area contributed by atoms with Gasteiger partial charge in [-0.15, -0.1) is 14.9 Å². The first-order valence-electron chi connectivity index (χ1n) is 4.79. The Morgan fingerprint density at radius 2 is 1.50 bits per heavy atom. The molecule has 0 saturated carbocycles. The number of nitrogens with zero attached hydrogens (tertiary/aromatic N) is 1. The number of piperidine rings is 1. The second-order valence-corrected chi connectivity index (χ2v) is 4.52. The number of hydroxylamine groups is 3. The van der Waals surface area contributed by atoms with Crippen molar-refractivity contribution in [3.05, 3.63) is 0 Å². The number of rotatable bonds is 1. The van der Waals surface area contributed by atoms with Gasteiger partial charge in [0.25, 0.3) is 0 Å². The summed E-state index contributed by atoms with van der Waals surface area (Å²) in [6.07, 6.45) is 3.61. The van der Waals surface area contributed by atoms with Gasteiger partial charge in [0, 0.05) is 19.8 Å². The number of carbonyl (C=O) groups is 1. The molecule has 0 N–H and O–H groups in total. The van der Waals surface area contributed by atoms with Gasteiger partial charge in [-0.1, -0.05) is 0 Å². The van der Waals surface area contributed by atoms with Crippen molar-refractivity contribution in [2.24, 2.45) is 0 Å². The lowest BCUT2D eigenvalue weighted by Crippen LogP contribution is -2.68. The van der Waals surface area contributed by atoms with Crippen LogP contribution in [-0.4, -0.2) is 30.8 Å². The summed E-state index contributed by atoms with van der Waals surface area (Å²) in [5, 5.41) is 0. The smallest absolute Gasteiger partial charge is 0.277 e. The summed E-state index contributed by atoms with van der Waals surface area (Å²) in [6.45, 7) is 3.41. The molecule has 7 nitrogen and oxygen atoms in total. The van der Waals surface area contributed by atoms with Crippen LogP contribution in [-0.2, 0) is 9.63 Å². The van der Waals surface area contributed by atoms with Gasteiger partial charge in [0.1, 0.15) is 20.1 Å². The van der Waals surface area contributed by atoms with Crippen LogP contribution in [0.4, 0.5) is 0 Å². The number of hydrogen-bond donors (Lipinski definition) is 0. The summed E-state index contributed by atoms with van der Waals surface area (Å²) in [7, 11) is -2.97. The van der Waals surface area contributed by atoms with Gasteiger partial charge in [-0.3, -0.25) is 4.84 Å². The van der Waals surface area contributed by atoms with Crippen LogP contribution in [0.3, 0.4) is 0 Å². The molecule has 0 amide bonds. The predicted octanol–water partition coefficient (Wildman–Crippen LogP) is -3.66. The maximum absolute atomic E-state index is 10.7. The average Bonchev–Trinajstić information content (AvgIpc) is 1.99. The highest BCUT2D eigenvalue weighted by Crippen LogP contribution is 2.16. The van der Waals surface area contributed by atoms with Crippen LogP contribution < -0.4 is 18.6 Å². The molecule has 96 valence electrons. The van der Waals surface area contributed by atoms with Crippen LogP contribution in [0, 0.1) is 10.2 Å². The molecule has 0 aromatic rings. The Kier molecular flexibility index (Phi) is 6.16. The van der Waals surface area contributed by atoms with Gasteiger partial charge in [0.15, 0.2) is 0 Å². The van der Waals surface area contributed by atoms with E-state index in [0.29, 0.717) is 4.65 Å². The van der Waals surface area contributed by atoms with Gasteiger partial charge in [0.05, 0.1) is 0 Å². The van der Waals surface area contributed by atoms with Crippen LogP contribution in [0.25, 0.3) is 0 Å². The summed E-state index contributed by atoms with van der Waals surface area (Å²) in [4.78, 5) is 15.9. The molecule has 16 heavy (non-hydrogen) atoms. The first-order valence-corrected chi connectivity index (χ1v) is 6.02. The largest absolute Gasteiger partial charge is 0.363 e. The minimum absolute atomic E-state index is 0.172. The third-order valence-corrected chi connectivity index (χ3v) is 2.11. The van der Waals surface area contributed by atoms with Crippen molar-refractivity contribution in [2.75, 3.05) is 20.1 Å². The lowest BCUT2D eigenvalue weighted by atomic mass is 10.1. The minimum atomic E-state index is -4.94. The molecular formula is C8H16ClNO6. The van der Waals surface area contributed by atoms with Crippen molar-refractivity contribution >= 4 is 5.97 Å². The minimum Gasteiger partial charge on any atom is -0.277 e. The number of halogens is 1. The van der Waals surface area contributed by atoms with Crippen molar-refractivity contribution in [2.45, 2.75) is 26.2 Å². The number of quaternary nitrogens is 1. The number of carbonyl (C=O) groups excluding carboxylic acids is 1. The summed E-state index contributed by atoms with van der Waals surface area (Å²) in [6, 6.07) is 0. The van der Waals surface area contributed by atoms with Gasteiger partial charge in [-0.25, -0.2) is 23.4 Å². The Hall–Kier alpha value is -0.440. The Balaban J connectivity index is 0.000000385. The van der Waals surface area contributed by atoms with E-state index in [4.69, 9.17) is 23.5 Å². The van der Waals surface area contributed by atoms with Gasteiger partial charge in [-0.05, 0) is 6.42 Å². The second-order valence-electron chi connectivity index (χ2n) is 3.77. The van der Waals surface area contributed by atoms with Gasteiger partial charge in [0.2, 0.25) is 0 Å². The van der Waals surface area contributed by atoms with Crippen molar-refractivity contribution in [1.82, 2.24) is 0 Å². The van der Waals surface area contributed by atoms with E-state index >= 15 is 0 Å². The zero-order valence-corrected chi connectivity index (χ0v) is 10.1. The molecule has 1 fully saturated rings. The first kappa shape index (κ1) is 15.6. The molecule has 1 heterocycles. The molecule has 0 radical (unpaired) electrons. The van der Waals surface area contributed by atoms with E-state index in [-0.39, 0.29) is 5.97 Å². The molecule has 0 aliphatic carbocycles. The molecule has 1 aliphatic rings. The summed E-state index contributed by atoms with van der Waals surface area (Å²) in [5.41, 5.74) is 0. The van der Waals surface area contributed by atoms with Crippen molar-refractivity contribution in [3.8, 4) is 0 Å². The van der Waals surface area contributed by atoms with Gasteiger partial charge in [-0.2, -0.15) is 0 Å². The third kappa shape index (κ3) is 10.1. The summed E-state index contributed by atoms with van der Waals surface area (Å²) < 4.78 is 34.5. The van der Waals surface area contributed by atoms with Gasteiger partial charge < -0.3 is 0 Å². The molecular weight excluding hydrogens is 242 g/mol. The fourth-order valence-electron chi connectivity index (χ4n) is 1.58. The van der Waals surface area contributed by atoms with E-state index in [1.165, 1.54) is 26.2 Å². The fourth-order valence-corrected chi connectivity index (χ4v) is 1.58. The highest BCUT2D eigenvalue weighted by Gasteiger charge is 2.28. The first-order chi connectivity index (χ1) is 7.12. The molecule has 1 rings (SSSR count). The quantitative estimate of drug-likeness (QED) is 0.447. The molecule has 0 unspecified atom stereocenters. The topological polar surface area (TPSA) is 119 Å². The summed E-state index contributed by atoms with van der Waals surface area (Å²) >= 11 is 0. The number of likely N-dealkylation sites (tertiary alicyclic amines) is 1. The van der Waals surface area contributed by atoms with E-state index < -0.39 is 10.2 Å². The predicted molar refractivity (Wildman–Crippen MR) is 41.5 cm³/mol. The summed E-state index contributed by atoms with van der Waals surface area (Å²) in [5.74, 6) is -0.172. The average molecular weight is 258 g/mol. The molecule has 0 spiro atoms. The maximum Gasteiger partial charge on any atom is 0.363 e. The van der Waals surface area contributed by atoms with Crippen LogP contribution in [0.15, 0.2) is 0 Å². The lowest BCUT2D eigenvalue weighted by molar-refractivity contribution is -2.00. The van der Waals surface area contributed by atoms with Crippen LogP contribution in [0.1, 0.15) is 26.2 Å². The van der Waals surface area contributed by atoms with Gasteiger partial charge >= 0.3 is 5.97 Å². The molecule has 1 aliphatic heterocycles. The highest BCUT2D eigenvalue weighted by molar-refractivity contribution is 5.65. The molecule has 0 atom stereocenters. The van der Waals surface area contributed by atoms with E-state index in [0.717, 1.165) is 13.1 Å². The van der Waals surface area contributed by atoms with Crippen LogP contribution >= 0.6 is 0 Å². The third-order valence-electron chi connectivity index (χ3n) is 2.11. The molecule has 1 saturated heterocycles. The Morgan fingerprint density at radius 3 is 1.81 bits per heavy atom. The number of hydrogen-bond acceptors (Lipinski definition) is 6. The van der Waals surface area contributed by atoms with Crippen molar-refractivity contribution in [3.63, 3.8) is 0 Å². The fraction of sp³-hybridized carbons (Fsp3) is 0.875. The SMILES string of the molecule is CC(=O)O[N+]1(C)CCCCC1.[O-][Cl+3]([O-])([O-])[O-]. The Bertz CT molecular complexity index is 217. The van der Waals surface area contributed by atoms with E-state index in [2.05, 4.69) is 0 Å². The Labute approximate surface area is 96.1 Å². The van der Waals surface area contributed by atoms with Crippen LogP contribution in [0.5, 0.6) is 0 Å². The maximum atomic E-state index is 10.7. The van der Waals surface area contributed by atoms with Crippen molar-refractivity contribution in [1.29, 1.82) is 0 Å². The Morgan fingerprint density at radius 1 is 1.12 bits per heavy atom. The molecule has 0 aromatic carbocycles. The highest BCUT2D eigenvalue weighted by atomic mass is 35.7. The van der Waals surface area contributed by atoms with Crippen LogP contribution in [0.2, 0.25) is 0 Å². The lowest BCUT2D eigenvalue weighted by Gasteiger charge is -2.33. The molecule has 0 bridgehead atoms. The van der Waals surface area contributed by atoms with E-state index in [9.17, 15) is 4.79 Å². The molecule has 0 aromatic heterocycles. The second kappa shape index (κ2) is 6.33. The normalized spacial score (nSPS) is 19.4. The zero-order valence-electron chi connectivity index (χ0n) is 9.31. The van der Waals surface area contributed by atoms with E-state index in [1.807, 2.05) is 7.05 Å². The van der Waals surface area contributed by atoms with E-state index in [1.54, 1.807) is 0 Å². The standard InChI is InChI=1S/C8H16NO2.ClHO4/c1-8(10)11-9(2)6-4-3-5-7-9;2-1(3,4)5/h3-7H2,1-2H3;(H,2,3,4,5)/q+1;/p-1. The monoisotopic (exact) mass is 257 g/mol. The zero-order chi connectivity index (χ0) is 12.8. The molecule has 8 heteroatoms. The van der Waals surface area contributed by atoms with Crippen molar-refractivity contribution < 1.29 is 43.2 Å².